The average molecular weight is 300 g/mol. The Morgan fingerprint density at radius 2 is 1.94 bits per heavy atom. The third kappa shape index (κ3) is 2.98. The molecule has 1 heterocycles. The van der Waals surface area contributed by atoms with Crippen molar-refractivity contribution in [3.05, 3.63) is 0 Å². The Balaban J connectivity index is 2.78. The summed E-state index contributed by atoms with van der Waals surface area (Å²) >= 11 is 2.98. The van der Waals surface area contributed by atoms with E-state index in [1.807, 2.05) is 0 Å². The van der Waals surface area contributed by atoms with Crippen molar-refractivity contribution >= 4 is 27.6 Å². The van der Waals surface area contributed by atoms with Crippen LogP contribution in [0.1, 0.15) is 12.8 Å². The molecule has 0 atom stereocenters. The van der Waals surface area contributed by atoms with Crippen molar-refractivity contribution in [2.24, 2.45) is 0 Å². The second kappa shape index (κ2) is 5.67. The van der Waals surface area contributed by atoms with Gasteiger partial charge in [0.05, 0.1) is 5.33 Å². The first-order valence-electron chi connectivity index (χ1n) is 4.79. The molecule has 92 valence electrons. The van der Waals surface area contributed by atoms with E-state index < -0.39 is 17.9 Å². The molecular formula is C9H12BrF2NO3. The lowest BCUT2D eigenvalue weighted by Gasteiger charge is -2.36. The van der Waals surface area contributed by atoms with Crippen LogP contribution in [0.2, 0.25) is 0 Å². The highest BCUT2D eigenvalue weighted by atomic mass is 79.9. The third-order valence-electron chi connectivity index (χ3n) is 2.56. The zero-order chi connectivity index (χ0) is 12.2. The first-order chi connectivity index (χ1) is 7.52. The number of amides is 1. The van der Waals surface area contributed by atoms with Gasteiger partial charge in [-0.25, -0.2) is 0 Å². The van der Waals surface area contributed by atoms with Crippen LogP contribution in [0.5, 0.6) is 0 Å². The van der Waals surface area contributed by atoms with Crippen molar-refractivity contribution in [1.29, 1.82) is 0 Å². The van der Waals surface area contributed by atoms with Gasteiger partial charge < -0.3 is 10.1 Å². The zero-order valence-corrected chi connectivity index (χ0v) is 10.1. The molecule has 0 spiro atoms. The smallest absolute Gasteiger partial charge is 0.315 e. The van der Waals surface area contributed by atoms with Gasteiger partial charge in [0.15, 0.2) is 5.78 Å². The molecule has 1 amide bonds. The van der Waals surface area contributed by atoms with Crippen LogP contribution < -0.4 is 5.32 Å². The molecule has 0 saturated carbocycles. The molecule has 0 bridgehead atoms. The van der Waals surface area contributed by atoms with E-state index in [-0.39, 0.29) is 37.2 Å². The maximum absolute atomic E-state index is 12.2. The number of hydrogen-bond acceptors (Lipinski definition) is 3. The predicted molar refractivity (Wildman–Crippen MR) is 55.7 cm³/mol. The fourth-order valence-corrected chi connectivity index (χ4v) is 2.15. The van der Waals surface area contributed by atoms with E-state index in [1.54, 1.807) is 0 Å². The van der Waals surface area contributed by atoms with Crippen molar-refractivity contribution in [2.45, 2.75) is 24.8 Å². The second-order valence-electron chi connectivity index (χ2n) is 3.54. The van der Waals surface area contributed by atoms with E-state index in [2.05, 4.69) is 21.2 Å². The summed E-state index contributed by atoms with van der Waals surface area (Å²) < 4.78 is 29.4. The second-order valence-corrected chi connectivity index (χ2v) is 4.10. The predicted octanol–water partition coefficient (Wildman–Crippen LogP) is 0.881. The normalized spacial score (nSPS) is 19.5. The van der Waals surface area contributed by atoms with Crippen LogP contribution in [0.15, 0.2) is 0 Å². The number of carbonyl (C=O) groups is 2. The van der Waals surface area contributed by atoms with Crippen LogP contribution in [0.25, 0.3) is 0 Å². The molecule has 4 nitrogen and oxygen atoms in total. The molecule has 16 heavy (non-hydrogen) atoms. The van der Waals surface area contributed by atoms with Crippen molar-refractivity contribution in [3.8, 4) is 0 Å². The van der Waals surface area contributed by atoms with Gasteiger partial charge in [-0.05, 0) is 0 Å². The van der Waals surface area contributed by atoms with Gasteiger partial charge in [0.25, 0.3) is 5.91 Å². The maximum atomic E-state index is 12.2. The largest absolute Gasteiger partial charge is 0.381 e. The first-order valence-corrected chi connectivity index (χ1v) is 5.91. The van der Waals surface area contributed by atoms with Crippen molar-refractivity contribution in [2.75, 3.05) is 18.5 Å². The molecule has 1 fully saturated rings. The van der Waals surface area contributed by atoms with Crippen LogP contribution in [0, 0.1) is 0 Å². The molecule has 0 aromatic rings. The fourth-order valence-electron chi connectivity index (χ4n) is 1.61. The summed E-state index contributed by atoms with van der Waals surface area (Å²) in [5.74, 6) is -1.71. The number of ether oxygens (including phenoxy) is 1. The van der Waals surface area contributed by atoms with E-state index >= 15 is 0 Å². The van der Waals surface area contributed by atoms with Crippen LogP contribution in [0.3, 0.4) is 0 Å². The summed E-state index contributed by atoms with van der Waals surface area (Å²) in [5.41, 5.74) is -1.20. The molecule has 1 rings (SSSR count). The van der Waals surface area contributed by atoms with Gasteiger partial charge >= 0.3 is 6.43 Å². The average Bonchev–Trinajstić information content (AvgIpc) is 2.29. The number of alkyl halides is 3. The Labute approximate surface area is 99.8 Å². The number of ketones is 1. The lowest BCUT2D eigenvalue weighted by molar-refractivity contribution is -0.140. The molecular weight excluding hydrogens is 288 g/mol. The lowest BCUT2D eigenvalue weighted by Crippen LogP contribution is -2.59. The van der Waals surface area contributed by atoms with Gasteiger partial charge in [0.1, 0.15) is 5.54 Å². The van der Waals surface area contributed by atoms with Crippen LogP contribution in [0.4, 0.5) is 8.78 Å². The summed E-state index contributed by atoms with van der Waals surface area (Å²) in [4.78, 5) is 22.7. The van der Waals surface area contributed by atoms with Gasteiger partial charge in [-0.2, -0.15) is 8.78 Å². The minimum Gasteiger partial charge on any atom is -0.381 e. The molecule has 1 saturated heterocycles. The molecule has 7 heteroatoms. The van der Waals surface area contributed by atoms with E-state index in [1.165, 1.54) is 0 Å². The van der Waals surface area contributed by atoms with Gasteiger partial charge in [-0.1, -0.05) is 15.9 Å². The van der Waals surface area contributed by atoms with Crippen molar-refractivity contribution in [1.82, 2.24) is 5.32 Å². The number of hydrogen-bond donors (Lipinski definition) is 1. The minimum absolute atomic E-state index is 0.0243. The van der Waals surface area contributed by atoms with Gasteiger partial charge in [0.2, 0.25) is 0 Å². The van der Waals surface area contributed by atoms with Gasteiger partial charge in [-0.3, -0.25) is 9.59 Å². The molecule has 0 unspecified atom stereocenters. The Bertz CT molecular complexity index is 280. The minimum atomic E-state index is -3.11. The van der Waals surface area contributed by atoms with Crippen molar-refractivity contribution in [3.63, 3.8) is 0 Å². The quantitative estimate of drug-likeness (QED) is 0.784. The number of nitrogens with one attached hydrogen (secondary N) is 1. The Hall–Kier alpha value is -0.560. The van der Waals surface area contributed by atoms with Crippen molar-refractivity contribution < 1.29 is 23.1 Å². The van der Waals surface area contributed by atoms with Gasteiger partial charge in [0, 0.05) is 26.1 Å². The molecule has 1 aliphatic heterocycles. The van der Waals surface area contributed by atoms with Crippen LogP contribution in [-0.4, -0.2) is 42.2 Å². The highest BCUT2D eigenvalue weighted by Crippen LogP contribution is 2.23. The zero-order valence-electron chi connectivity index (χ0n) is 8.47. The third-order valence-corrected chi connectivity index (χ3v) is 3.07. The summed E-state index contributed by atoms with van der Waals surface area (Å²) in [5, 5.41) is 2.16. The Morgan fingerprint density at radius 1 is 1.38 bits per heavy atom. The monoisotopic (exact) mass is 299 g/mol. The summed E-state index contributed by atoms with van der Waals surface area (Å²) in [6, 6.07) is 0. The topological polar surface area (TPSA) is 55.4 Å². The fraction of sp³-hybridized carbons (Fsp3) is 0.778. The van der Waals surface area contributed by atoms with E-state index in [4.69, 9.17) is 4.74 Å². The highest BCUT2D eigenvalue weighted by Gasteiger charge is 2.41. The number of halogens is 3. The molecule has 0 aromatic carbocycles. The SMILES string of the molecule is O=C(NC1(C(=O)CBr)CCOCC1)C(F)F. The summed E-state index contributed by atoms with van der Waals surface area (Å²) in [6.45, 7) is 0.560. The highest BCUT2D eigenvalue weighted by molar-refractivity contribution is 9.09. The Morgan fingerprint density at radius 3 is 2.38 bits per heavy atom. The van der Waals surface area contributed by atoms with Gasteiger partial charge in [-0.15, -0.1) is 0 Å². The van der Waals surface area contributed by atoms with E-state index in [0.29, 0.717) is 0 Å². The van der Waals surface area contributed by atoms with Crippen LogP contribution >= 0.6 is 15.9 Å². The number of carbonyl (C=O) groups excluding carboxylic acids is 2. The molecule has 0 radical (unpaired) electrons. The molecule has 0 aliphatic carbocycles. The number of Topliss-reactive ketones (excluding diaryl/α,β-unsaturated/α-hetero) is 1. The summed E-state index contributed by atoms with van der Waals surface area (Å²) in [7, 11) is 0. The maximum Gasteiger partial charge on any atom is 0.315 e. The molecule has 1 aliphatic rings. The van der Waals surface area contributed by atoms with Crippen LogP contribution in [-0.2, 0) is 14.3 Å². The molecule has 0 aromatic heterocycles. The lowest BCUT2D eigenvalue weighted by atomic mass is 9.86. The summed E-state index contributed by atoms with van der Waals surface area (Å²) in [6.07, 6.45) is -2.64. The van der Waals surface area contributed by atoms with E-state index in [9.17, 15) is 18.4 Å². The Kier molecular flexibility index (Phi) is 4.79. The first kappa shape index (κ1) is 13.5. The van der Waals surface area contributed by atoms with E-state index in [0.717, 1.165) is 0 Å². The molecule has 1 N–H and O–H groups in total. The standard InChI is InChI=1S/C9H12BrF2NO3/c10-5-6(14)9(1-3-16-4-2-9)13-8(15)7(11)12/h7H,1-5H2,(H,13,15). The number of rotatable bonds is 4.